The lowest BCUT2D eigenvalue weighted by Gasteiger charge is -2.30. The molecule has 0 spiro atoms. The van der Waals surface area contributed by atoms with Crippen molar-refractivity contribution in [3.63, 3.8) is 0 Å². The highest BCUT2D eigenvalue weighted by molar-refractivity contribution is 7.13. The third-order valence-corrected chi connectivity index (χ3v) is 8.53. The molecule has 3 heterocycles. The number of thiophene rings is 1. The van der Waals surface area contributed by atoms with Crippen molar-refractivity contribution in [3.05, 3.63) is 93.0 Å². The van der Waals surface area contributed by atoms with Gasteiger partial charge in [0.15, 0.2) is 5.69 Å². The van der Waals surface area contributed by atoms with E-state index in [2.05, 4.69) is 16.7 Å². The van der Waals surface area contributed by atoms with Gasteiger partial charge in [-0.3, -0.25) is 0 Å². The number of nitrogens with zero attached hydrogens (tertiary/aromatic N) is 4. The molecule has 0 saturated carbocycles. The maximum absolute atomic E-state index is 14.1. The average Bonchev–Trinajstić information content (AvgIpc) is 3.67. The third-order valence-electron chi connectivity index (χ3n) is 7.41. The number of carbonyl (C=O) groups is 2. The minimum atomic E-state index is -4.91. The number of aliphatic imine (C=N–C) groups is 1. The molecule has 1 aliphatic rings. The number of amides is 1. The van der Waals surface area contributed by atoms with E-state index in [-0.39, 0.29) is 31.7 Å². The predicted octanol–water partition coefficient (Wildman–Crippen LogP) is 8.04. The Morgan fingerprint density at radius 1 is 1.18 bits per heavy atom. The summed E-state index contributed by atoms with van der Waals surface area (Å²) in [5, 5.41) is 14.0. The van der Waals surface area contributed by atoms with Crippen LogP contribution in [0.2, 0.25) is 0 Å². The van der Waals surface area contributed by atoms with Crippen LogP contribution in [0.5, 0.6) is 5.75 Å². The second-order valence-electron chi connectivity index (χ2n) is 12.4. The molecule has 14 heteroatoms. The van der Waals surface area contributed by atoms with Crippen LogP contribution in [0.15, 0.2) is 60.3 Å². The van der Waals surface area contributed by atoms with Crippen molar-refractivity contribution in [2.24, 2.45) is 4.99 Å². The number of aliphatic hydroxyl groups excluding tert-OH is 1. The number of esters is 1. The zero-order valence-corrected chi connectivity index (χ0v) is 29.7. The highest BCUT2D eigenvalue weighted by atomic mass is 32.1. The molecule has 3 aromatic rings. The summed E-state index contributed by atoms with van der Waals surface area (Å²) in [6.07, 6.45) is 1.13. The molecule has 0 bridgehead atoms. The number of alkyl halides is 3. The van der Waals surface area contributed by atoms with Crippen LogP contribution >= 0.6 is 11.3 Å². The molecule has 2 aromatic heterocycles. The fourth-order valence-corrected chi connectivity index (χ4v) is 6.27. The van der Waals surface area contributed by atoms with E-state index in [9.17, 15) is 27.9 Å². The van der Waals surface area contributed by atoms with Gasteiger partial charge in [0.1, 0.15) is 29.4 Å². The summed E-state index contributed by atoms with van der Waals surface area (Å²) in [6.45, 7) is 14.6. The van der Waals surface area contributed by atoms with Gasteiger partial charge in [0.25, 0.3) is 0 Å². The molecular weight excluding hydrogens is 673 g/mol. The summed E-state index contributed by atoms with van der Waals surface area (Å²) in [5.74, 6) is -0.758. The van der Waals surface area contributed by atoms with Gasteiger partial charge in [-0.15, -0.1) is 11.3 Å². The SMILES string of the molecule is C=C/C=C(\N=C(/C)n1ncc(C(=O)OCC)c1C(F)(F)F)c1sc(C)cc1COc1ccc(C2=CCN(C(=O)OC(C)(C)C)CC2)c(CO)c1. The van der Waals surface area contributed by atoms with E-state index in [1.54, 1.807) is 23.1 Å². The molecule has 1 amide bonds. The van der Waals surface area contributed by atoms with Gasteiger partial charge in [-0.05, 0) is 88.9 Å². The molecule has 0 unspecified atom stereocenters. The van der Waals surface area contributed by atoms with Crippen molar-refractivity contribution in [1.29, 1.82) is 0 Å². The molecule has 1 aliphatic heterocycles. The molecular formula is C36H41F3N4O6S. The largest absolute Gasteiger partial charge is 0.489 e. The van der Waals surface area contributed by atoms with Gasteiger partial charge in [0, 0.05) is 23.5 Å². The normalized spacial score (nSPS) is 14.4. The Morgan fingerprint density at radius 2 is 1.92 bits per heavy atom. The van der Waals surface area contributed by atoms with E-state index in [0.29, 0.717) is 46.1 Å². The van der Waals surface area contributed by atoms with Crippen LogP contribution in [-0.4, -0.2) is 63.0 Å². The molecule has 50 heavy (non-hydrogen) atoms. The van der Waals surface area contributed by atoms with Gasteiger partial charge < -0.3 is 24.2 Å². The van der Waals surface area contributed by atoms with Crippen LogP contribution in [0.4, 0.5) is 18.0 Å². The Morgan fingerprint density at radius 3 is 2.52 bits per heavy atom. The summed E-state index contributed by atoms with van der Waals surface area (Å²) >= 11 is 1.38. The third kappa shape index (κ3) is 9.30. The lowest BCUT2D eigenvalue weighted by molar-refractivity contribution is -0.143. The Hall–Kier alpha value is -4.69. The van der Waals surface area contributed by atoms with Crippen molar-refractivity contribution in [1.82, 2.24) is 14.7 Å². The standard InChI is InChI=1S/C36H41F3N4O6S/c1-8-10-30(41-23(4)43-32(36(37,38)39)29(19-40-43)33(45)47-9-2)31-26(17-22(3)50-31)21-48-27-11-12-28(25(18-27)20-44)24-13-15-42(16-14-24)34(46)49-35(5,6)7/h8,10-13,17-19,44H,1,9,14-16,20-21H2,2-7H3/b30-10-,41-23+. The first-order valence-corrected chi connectivity index (χ1v) is 16.7. The minimum absolute atomic E-state index is 0.0943. The number of carbonyl (C=O) groups excluding carboxylic acids is 2. The first-order chi connectivity index (χ1) is 23.6. The van der Waals surface area contributed by atoms with Gasteiger partial charge >= 0.3 is 18.2 Å². The summed E-state index contributed by atoms with van der Waals surface area (Å²) in [5.41, 5.74) is 1.00. The van der Waals surface area contributed by atoms with Crippen LogP contribution in [0.3, 0.4) is 0 Å². The van der Waals surface area contributed by atoms with E-state index in [1.807, 2.05) is 45.9 Å². The zero-order chi connectivity index (χ0) is 36.8. The molecule has 0 radical (unpaired) electrons. The van der Waals surface area contributed by atoms with E-state index in [1.165, 1.54) is 31.3 Å². The van der Waals surface area contributed by atoms with Crippen molar-refractivity contribution < 1.29 is 42.1 Å². The van der Waals surface area contributed by atoms with Crippen LogP contribution in [0.25, 0.3) is 11.3 Å². The average molecular weight is 715 g/mol. The van der Waals surface area contributed by atoms with Crippen molar-refractivity contribution in [2.75, 3.05) is 19.7 Å². The van der Waals surface area contributed by atoms with E-state index < -0.39 is 29.0 Å². The van der Waals surface area contributed by atoms with Crippen LogP contribution in [0, 0.1) is 6.92 Å². The summed E-state index contributed by atoms with van der Waals surface area (Å²) in [7, 11) is 0. The molecule has 0 saturated heterocycles. The fraction of sp³-hybridized carbons (Fsp3) is 0.389. The number of aromatic nitrogens is 2. The zero-order valence-electron chi connectivity index (χ0n) is 28.9. The lowest BCUT2D eigenvalue weighted by atomic mass is 9.95. The van der Waals surface area contributed by atoms with Crippen molar-refractivity contribution in [2.45, 2.75) is 73.0 Å². The quantitative estimate of drug-likeness (QED) is 0.0979. The van der Waals surface area contributed by atoms with E-state index >= 15 is 0 Å². The number of benzene rings is 1. The maximum atomic E-state index is 14.1. The topological polar surface area (TPSA) is 115 Å². The smallest absolute Gasteiger partial charge is 0.434 e. The molecule has 10 nitrogen and oxygen atoms in total. The first kappa shape index (κ1) is 38.1. The van der Waals surface area contributed by atoms with Crippen molar-refractivity contribution >= 4 is 40.5 Å². The summed E-state index contributed by atoms with van der Waals surface area (Å²) < 4.78 is 59.3. The number of hydrogen-bond acceptors (Lipinski definition) is 9. The number of ether oxygens (including phenoxy) is 3. The maximum Gasteiger partial charge on any atom is 0.434 e. The first-order valence-electron chi connectivity index (χ1n) is 15.9. The molecule has 268 valence electrons. The Balaban J connectivity index is 1.56. The number of aliphatic hydroxyl groups is 1. The number of aryl methyl sites for hydroxylation is 1. The van der Waals surface area contributed by atoms with Gasteiger partial charge in [-0.2, -0.15) is 18.3 Å². The summed E-state index contributed by atoms with van der Waals surface area (Å²) in [4.78, 5) is 32.4. The number of hydrogen-bond donors (Lipinski definition) is 1. The predicted molar refractivity (Wildman–Crippen MR) is 186 cm³/mol. The van der Waals surface area contributed by atoms with Gasteiger partial charge in [0.05, 0.1) is 30.0 Å². The Kier molecular flexibility index (Phi) is 12.1. The van der Waals surface area contributed by atoms with Crippen molar-refractivity contribution in [3.8, 4) is 5.75 Å². The molecule has 1 N–H and O–H groups in total. The Labute approximate surface area is 293 Å². The van der Waals surface area contributed by atoms with E-state index in [0.717, 1.165) is 27.8 Å². The number of rotatable bonds is 10. The fourth-order valence-electron chi connectivity index (χ4n) is 5.28. The molecule has 4 rings (SSSR count). The molecule has 0 aliphatic carbocycles. The second-order valence-corrected chi connectivity index (χ2v) is 13.6. The van der Waals surface area contributed by atoms with Crippen LogP contribution in [-0.2, 0) is 28.9 Å². The van der Waals surface area contributed by atoms with Crippen LogP contribution < -0.4 is 4.74 Å². The molecule has 1 aromatic carbocycles. The Bertz CT molecular complexity index is 1830. The number of allylic oxidation sites excluding steroid dienone is 2. The molecule has 0 atom stereocenters. The number of halogens is 3. The monoisotopic (exact) mass is 714 g/mol. The molecule has 0 fully saturated rings. The van der Waals surface area contributed by atoms with Gasteiger partial charge in [-0.25, -0.2) is 19.3 Å². The van der Waals surface area contributed by atoms with Gasteiger partial charge in [0.2, 0.25) is 0 Å². The minimum Gasteiger partial charge on any atom is -0.489 e. The van der Waals surface area contributed by atoms with Gasteiger partial charge in [-0.1, -0.05) is 24.8 Å². The summed E-state index contributed by atoms with van der Waals surface area (Å²) in [6, 6.07) is 7.34. The second kappa shape index (κ2) is 15.9. The highest BCUT2D eigenvalue weighted by Gasteiger charge is 2.41. The lowest BCUT2D eigenvalue weighted by Crippen LogP contribution is -2.39. The van der Waals surface area contributed by atoms with E-state index in [4.69, 9.17) is 14.2 Å². The van der Waals surface area contributed by atoms with Crippen LogP contribution in [0.1, 0.15) is 83.5 Å². The highest BCUT2D eigenvalue weighted by Crippen LogP contribution is 2.35.